The summed E-state index contributed by atoms with van der Waals surface area (Å²) >= 11 is 0. The molecule has 160 valence electrons. The Labute approximate surface area is 190 Å². The molecule has 0 saturated carbocycles. The van der Waals surface area contributed by atoms with Crippen LogP contribution in [0.1, 0.15) is 5.56 Å². The molecule has 1 aliphatic heterocycles. The number of halogens is 2. The van der Waals surface area contributed by atoms with Gasteiger partial charge in [0.1, 0.15) is 0 Å². The molecule has 1 fully saturated rings. The van der Waals surface area contributed by atoms with Crippen molar-refractivity contribution >= 4 is 24.8 Å². The highest BCUT2D eigenvalue weighted by Crippen LogP contribution is 2.26. The largest absolute Gasteiger partial charge is 0.379 e. The van der Waals surface area contributed by atoms with Gasteiger partial charge in [-0.3, -0.25) is 14.9 Å². The van der Waals surface area contributed by atoms with Crippen LogP contribution in [0, 0.1) is 0 Å². The van der Waals surface area contributed by atoms with E-state index < -0.39 is 0 Å². The molecule has 0 radical (unpaired) electrons. The molecule has 0 bridgehead atoms. The van der Waals surface area contributed by atoms with E-state index in [9.17, 15) is 0 Å². The van der Waals surface area contributed by atoms with Gasteiger partial charge in [-0.15, -0.1) is 24.8 Å². The summed E-state index contributed by atoms with van der Waals surface area (Å²) in [5.74, 6) is 0. The molecule has 0 unspecified atom stereocenters. The number of pyridine rings is 2. The normalized spacial score (nSPS) is 13.9. The lowest BCUT2D eigenvalue weighted by molar-refractivity contribution is 0.0384. The highest BCUT2D eigenvalue weighted by Gasteiger charge is 2.11. The smallest absolute Gasteiger partial charge is 0.0748 e. The zero-order valence-electron chi connectivity index (χ0n) is 16.9. The molecule has 7 heteroatoms. The molecule has 0 aliphatic carbocycles. The zero-order chi connectivity index (χ0) is 19.0. The number of morpholine rings is 1. The maximum Gasteiger partial charge on any atom is 0.0748 e. The quantitative estimate of drug-likeness (QED) is 0.554. The Bertz CT molecular complexity index is 875. The van der Waals surface area contributed by atoms with Gasteiger partial charge in [0, 0.05) is 62.4 Å². The second kappa shape index (κ2) is 12.6. The Hall–Kier alpha value is -2.02. The van der Waals surface area contributed by atoms with Crippen molar-refractivity contribution in [2.75, 3.05) is 39.4 Å². The summed E-state index contributed by atoms with van der Waals surface area (Å²) in [7, 11) is 0. The molecule has 3 aromatic rings. The second-order valence-electron chi connectivity index (χ2n) is 6.96. The third-order valence-corrected chi connectivity index (χ3v) is 5.05. The Morgan fingerprint density at radius 1 is 0.900 bits per heavy atom. The molecule has 2 aromatic heterocycles. The summed E-state index contributed by atoms with van der Waals surface area (Å²) in [6.07, 6.45) is 5.60. The van der Waals surface area contributed by atoms with Crippen molar-refractivity contribution in [2.45, 2.75) is 6.54 Å². The fourth-order valence-corrected chi connectivity index (χ4v) is 3.49. The third kappa shape index (κ3) is 6.49. The molecule has 1 saturated heterocycles. The van der Waals surface area contributed by atoms with E-state index in [2.05, 4.69) is 45.5 Å². The summed E-state index contributed by atoms with van der Waals surface area (Å²) in [6, 6.07) is 16.7. The number of hydrogen-bond donors (Lipinski definition) is 1. The first-order chi connectivity index (χ1) is 13.9. The minimum atomic E-state index is 0. The van der Waals surface area contributed by atoms with Crippen molar-refractivity contribution in [2.24, 2.45) is 0 Å². The maximum atomic E-state index is 5.42. The van der Waals surface area contributed by atoms with Crippen LogP contribution in [0.4, 0.5) is 0 Å². The molecule has 1 N–H and O–H groups in total. The van der Waals surface area contributed by atoms with E-state index in [1.807, 2.05) is 36.8 Å². The van der Waals surface area contributed by atoms with Crippen LogP contribution in [0.3, 0.4) is 0 Å². The first kappa shape index (κ1) is 24.3. The fraction of sp³-hybridized carbons (Fsp3) is 0.304. The van der Waals surface area contributed by atoms with Gasteiger partial charge in [0.15, 0.2) is 0 Å². The molecule has 1 aliphatic rings. The highest BCUT2D eigenvalue weighted by molar-refractivity contribution is 5.85. The van der Waals surface area contributed by atoms with Crippen molar-refractivity contribution in [3.05, 3.63) is 72.7 Å². The number of benzene rings is 1. The minimum Gasteiger partial charge on any atom is -0.379 e. The highest BCUT2D eigenvalue weighted by atomic mass is 35.5. The van der Waals surface area contributed by atoms with E-state index >= 15 is 0 Å². The number of nitrogens with one attached hydrogen (secondary N) is 1. The average Bonchev–Trinajstić information content (AvgIpc) is 2.78. The first-order valence-corrected chi connectivity index (χ1v) is 9.86. The van der Waals surface area contributed by atoms with Crippen molar-refractivity contribution in [3.8, 4) is 22.4 Å². The lowest BCUT2D eigenvalue weighted by atomic mass is 10.0. The lowest BCUT2D eigenvalue weighted by Crippen LogP contribution is -2.40. The van der Waals surface area contributed by atoms with Crippen LogP contribution >= 0.6 is 24.8 Å². The van der Waals surface area contributed by atoms with Crippen LogP contribution in [-0.2, 0) is 11.3 Å². The van der Waals surface area contributed by atoms with E-state index in [4.69, 9.17) is 9.72 Å². The van der Waals surface area contributed by atoms with Gasteiger partial charge < -0.3 is 10.1 Å². The molecular weight excluding hydrogens is 419 g/mol. The number of nitrogens with zero attached hydrogens (tertiary/aromatic N) is 3. The summed E-state index contributed by atoms with van der Waals surface area (Å²) in [6.45, 7) is 6.51. The van der Waals surface area contributed by atoms with Gasteiger partial charge in [-0.05, 0) is 29.3 Å². The monoisotopic (exact) mass is 446 g/mol. The molecule has 3 heterocycles. The molecule has 0 spiro atoms. The van der Waals surface area contributed by atoms with Gasteiger partial charge in [-0.25, -0.2) is 0 Å². The molecular formula is C23H28Cl2N4O. The molecule has 1 aromatic carbocycles. The van der Waals surface area contributed by atoms with Gasteiger partial charge in [0.2, 0.25) is 0 Å². The lowest BCUT2D eigenvalue weighted by Gasteiger charge is -2.26. The van der Waals surface area contributed by atoms with Crippen LogP contribution in [-0.4, -0.2) is 54.3 Å². The standard InChI is InChI=1S/C23H26N4O.2ClH/c1-2-4-19(5-3-1)21-16-22(17-25-10-11-27-12-14-28-15-13-27)23(26-18-21)20-6-8-24-9-7-20;;/h1-9,16,18,25H,10-15,17H2;2*1H. The van der Waals surface area contributed by atoms with Gasteiger partial charge in [0.05, 0.1) is 18.9 Å². The maximum absolute atomic E-state index is 5.42. The summed E-state index contributed by atoms with van der Waals surface area (Å²) < 4.78 is 5.42. The Morgan fingerprint density at radius 3 is 2.37 bits per heavy atom. The van der Waals surface area contributed by atoms with Crippen molar-refractivity contribution in [3.63, 3.8) is 0 Å². The molecule has 0 amide bonds. The van der Waals surface area contributed by atoms with Crippen molar-refractivity contribution in [1.82, 2.24) is 20.2 Å². The Balaban J connectivity index is 0.00000160. The molecule has 4 rings (SSSR count). The third-order valence-electron chi connectivity index (χ3n) is 5.05. The second-order valence-corrected chi connectivity index (χ2v) is 6.96. The summed E-state index contributed by atoms with van der Waals surface area (Å²) in [5, 5.41) is 3.60. The Kier molecular flexibility index (Phi) is 10.2. The van der Waals surface area contributed by atoms with Crippen molar-refractivity contribution < 1.29 is 4.74 Å². The minimum absolute atomic E-state index is 0. The van der Waals surface area contributed by atoms with Crippen LogP contribution in [0.25, 0.3) is 22.4 Å². The number of hydrogen-bond acceptors (Lipinski definition) is 5. The predicted octanol–water partition coefficient (Wildman–Crippen LogP) is 4.08. The van der Waals surface area contributed by atoms with Gasteiger partial charge >= 0.3 is 0 Å². The molecule has 5 nitrogen and oxygen atoms in total. The zero-order valence-corrected chi connectivity index (χ0v) is 18.5. The van der Waals surface area contributed by atoms with Crippen LogP contribution in [0.5, 0.6) is 0 Å². The van der Waals surface area contributed by atoms with E-state index in [0.717, 1.165) is 62.8 Å². The van der Waals surface area contributed by atoms with Gasteiger partial charge in [-0.1, -0.05) is 30.3 Å². The first-order valence-electron chi connectivity index (χ1n) is 9.86. The molecule has 0 atom stereocenters. The number of rotatable bonds is 7. The van der Waals surface area contributed by atoms with Crippen LogP contribution < -0.4 is 5.32 Å². The van der Waals surface area contributed by atoms with E-state index in [-0.39, 0.29) is 24.8 Å². The SMILES string of the molecule is Cl.Cl.c1ccc(-c2cnc(-c3ccncc3)c(CNCCN3CCOCC3)c2)cc1. The van der Waals surface area contributed by atoms with E-state index in [1.54, 1.807) is 0 Å². The van der Waals surface area contributed by atoms with Gasteiger partial charge in [-0.2, -0.15) is 0 Å². The van der Waals surface area contributed by atoms with E-state index in [1.165, 1.54) is 11.1 Å². The number of ether oxygens (including phenoxy) is 1. The van der Waals surface area contributed by atoms with E-state index in [0.29, 0.717) is 0 Å². The summed E-state index contributed by atoms with van der Waals surface area (Å²) in [4.78, 5) is 11.4. The molecule has 30 heavy (non-hydrogen) atoms. The van der Waals surface area contributed by atoms with Crippen LogP contribution in [0.2, 0.25) is 0 Å². The number of aromatic nitrogens is 2. The summed E-state index contributed by atoms with van der Waals surface area (Å²) in [5.41, 5.74) is 5.64. The Morgan fingerprint density at radius 2 is 1.63 bits per heavy atom. The van der Waals surface area contributed by atoms with Crippen LogP contribution in [0.15, 0.2) is 67.1 Å². The van der Waals surface area contributed by atoms with Crippen molar-refractivity contribution in [1.29, 1.82) is 0 Å². The predicted molar refractivity (Wildman–Crippen MR) is 126 cm³/mol. The topological polar surface area (TPSA) is 50.3 Å². The fourth-order valence-electron chi connectivity index (χ4n) is 3.49. The van der Waals surface area contributed by atoms with Gasteiger partial charge in [0.25, 0.3) is 0 Å². The average molecular weight is 447 g/mol.